The van der Waals surface area contributed by atoms with Crippen LogP contribution >= 0.6 is 12.2 Å². The molecule has 0 spiro atoms. The summed E-state index contributed by atoms with van der Waals surface area (Å²) in [6.07, 6.45) is 1.09. The van der Waals surface area contributed by atoms with E-state index in [0.29, 0.717) is 4.77 Å². The van der Waals surface area contributed by atoms with Gasteiger partial charge in [-0.1, -0.05) is 24.3 Å². The number of ether oxygens (including phenoxy) is 1. The third-order valence-electron chi connectivity index (χ3n) is 4.64. The topological polar surface area (TPSA) is 49.3 Å². The largest absolute Gasteiger partial charge is 0.497 e. The van der Waals surface area contributed by atoms with Gasteiger partial charge in [0.25, 0.3) is 0 Å². The molecule has 1 unspecified atom stereocenters. The fraction of sp³-hybridized carbons (Fsp3) is 0.278. The summed E-state index contributed by atoms with van der Waals surface area (Å²) in [6, 6.07) is 16.3. The molecule has 4 rings (SSSR count). The van der Waals surface area contributed by atoms with Crippen LogP contribution in [0.1, 0.15) is 11.1 Å². The van der Waals surface area contributed by atoms with E-state index in [2.05, 4.69) is 34.7 Å². The number of hydrogen-bond donors (Lipinski definition) is 1. The monoisotopic (exact) mass is 354 g/mol. The van der Waals surface area contributed by atoms with Gasteiger partial charge in [-0.05, 0) is 52.5 Å². The molecule has 6 nitrogen and oxygen atoms in total. The molecule has 1 aliphatic rings. The van der Waals surface area contributed by atoms with E-state index in [4.69, 9.17) is 17.0 Å². The molecular weight excluding hydrogens is 334 g/mol. The van der Waals surface area contributed by atoms with Gasteiger partial charge in [0.05, 0.1) is 19.3 Å². The number of nitrogens with one attached hydrogen (secondary N) is 1. The predicted molar refractivity (Wildman–Crippen MR) is 96.4 cm³/mol. The number of tetrazole rings is 1. The molecule has 1 N–H and O–H groups in total. The summed E-state index contributed by atoms with van der Waals surface area (Å²) >= 11 is 5.57. The standard InChI is InChI=1S/C18H19N5OS/c1-24-17-8-6-16(7-9-17)23-18(25)22(19-20-23)13-21-11-10-14-4-2-3-5-15(14)12-21/h2-9H,10-13H2,1H3/p+1. The Morgan fingerprint density at radius 2 is 1.84 bits per heavy atom. The summed E-state index contributed by atoms with van der Waals surface area (Å²) < 4.78 is 9.29. The first-order valence-corrected chi connectivity index (χ1v) is 8.73. The number of aromatic nitrogens is 4. The number of fused-ring (bicyclic) bond motifs is 1. The van der Waals surface area contributed by atoms with E-state index < -0.39 is 0 Å². The number of benzene rings is 2. The third-order valence-corrected chi connectivity index (χ3v) is 5.02. The van der Waals surface area contributed by atoms with Crippen LogP contribution in [0.15, 0.2) is 48.5 Å². The van der Waals surface area contributed by atoms with E-state index in [1.165, 1.54) is 16.0 Å². The molecule has 0 amide bonds. The highest BCUT2D eigenvalue weighted by Gasteiger charge is 2.20. The van der Waals surface area contributed by atoms with Gasteiger partial charge in [-0.15, -0.1) is 0 Å². The first kappa shape index (κ1) is 16.0. The van der Waals surface area contributed by atoms with E-state index in [-0.39, 0.29) is 0 Å². The lowest BCUT2D eigenvalue weighted by Crippen LogP contribution is -3.11. The van der Waals surface area contributed by atoms with Crippen LogP contribution in [-0.4, -0.2) is 33.4 Å². The molecular formula is C18H20N5OS+. The quantitative estimate of drug-likeness (QED) is 0.720. The maximum Gasteiger partial charge on any atom is 0.225 e. The van der Waals surface area contributed by atoms with Gasteiger partial charge in [-0.3, -0.25) is 0 Å². The van der Waals surface area contributed by atoms with Crippen LogP contribution in [0.25, 0.3) is 5.69 Å². The Morgan fingerprint density at radius 1 is 1.08 bits per heavy atom. The molecule has 128 valence electrons. The zero-order chi connectivity index (χ0) is 17.2. The van der Waals surface area contributed by atoms with Crippen molar-refractivity contribution in [3.63, 3.8) is 0 Å². The zero-order valence-electron chi connectivity index (χ0n) is 14.1. The summed E-state index contributed by atoms with van der Waals surface area (Å²) in [5.41, 5.74) is 3.76. The Hall–Kier alpha value is -2.51. The lowest BCUT2D eigenvalue weighted by Gasteiger charge is -2.25. The summed E-state index contributed by atoms with van der Waals surface area (Å²) in [7, 11) is 1.65. The molecule has 3 aromatic rings. The van der Waals surface area contributed by atoms with Gasteiger partial charge in [0.15, 0.2) is 6.67 Å². The maximum atomic E-state index is 5.57. The van der Waals surface area contributed by atoms with Crippen LogP contribution in [0.3, 0.4) is 0 Å². The fourth-order valence-electron chi connectivity index (χ4n) is 3.25. The van der Waals surface area contributed by atoms with Gasteiger partial charge in [-0.25, -0.2) is 0 Å². The predicted octanol–water partition coefficient (Wildman–Crippen LogP) is 1.41. The Labute approximate surface area is 151 Å². The van der Waals surface area contributed by atoms with Gasteiger partial charge in [0, 0.05) is 12.0 Å². The van der Waals surface area contributed by atoms with Crippen LogP contribution in [0, 0.1) is 4.77 Å². The van der Waals surface area contributed by atoms with Crippen molar-refractivity contribution < 1.29 is 9.64 Å². The third kappa shape index (κ3) is 3.20. The Bertz CT molecular complexity index is 931. The van der Waals surface area contributed by atoms with Crippen molar-refractivity contribution >= 4 is 12.2 Å². The first-order chi connectivity index (χ1) is 12.2. The highest BCUT2D eigenvalue weighted by atomic mass is 32.1. The maximum absolute atomic E-state index is 5.57. The Balaban J connectivity index is 1.53. The van der Waals surface area contributed by atoms with Gasteiger partial charge in [0.2, 0.25) is 4.77 Å². The summed E-state index contributed by atoms with van der Waals surface area (Å²) in [4.78, 5) is 1.44. The van der Waals surface area contributed by atoms with E-state index in [1.807, 2.05) is 28.9 Å². The van der Waals surface area contributed by atoms with Crippen molar-refractivity contribution in [3.05, 3.63) is 64.4 Å². The van der Waals surface area contributed by atoms with Crippen molar-refractivity contribution in [2.24, 2.45) is 0 Å². The van der Waals surface area contributed by atoms with E-state index in [9.17, 15) is 0 Å². The van der Waals surface area contributed by atoms with Gasteiger partial charge >= 0.3 is 0 Å². The molecule has 0 aliphatic carbocycles. The highest BCUT2D eigenvalue weighted by molar-refractivity contribution is 7.71. The second-order valence-corrected chi connectivity index (χ2v) is 6.59. The minimum Gasteiger partial charge on any atom is -0.497 e. The Kier molecular flexibility index (Phi) is 4.33. The number of nitrogens with zero attached hydrogens (tertiary/aromatic N) is 4. The second kappa shape index (κ2) is 6.78. The van der Waals surface area contributed by atoms with Crippen molar-refractivity contribution in [3.8, 4) is 11.4 Å². The van der Waals surface area contributed by atoms with Crippen molar-refractivity contribution in [1.29, 1.82) is 0 Å². The van der Waals surface area contributed by atoms with Gasteiger partial charge in [-0.2, -0.15) is 9.36 Å². The van der Waals surface area contributed by atoms with Crippen molar-refractivity contribution in [2.45, 2.75) is 19.6 Å². The van der Waals surface area contributed by atoms with E-state index >= 15 is 0 Å². The molecule has 1 aliphatic heterocycles. The molecule has 2 aromatic carbocycles. The SMILES string of the molecule is COc1ccc(-n2nnn(C[NH+]3CCc4ccccc4C3)c2=S)cc1. The number of rotatable bonds is 4. The minimum absolute atomic E-state index is 0.608. The number of hydrogen-bond acceptors (Lipinski definition) is 4. The smallest absolute Gasteiger partial charge is 0.225 e. The first-order valence-electron chi connectivity index (χ1n) is 8.32. The van der Waals surface area contributed by atoms with Crippen molar-refractivity contribution in [2.75, 3.05) is 13.7 Å². The number of methoxy groups -OCH3 is 1. The van der Waals surface area contributed by atoms with Gasteiger partial charge in [0.1, 0.15) is 12.3 Å². The van der Waals surface area contributed by atoms with Crippen LogP contribution in [0.2, 0.25) is 0 Å². The van der Waals surface area contributed by atoms with E-state index in [1.54, 1.807) is 11.8 Å². The zero-order valence-corrected chi connectivity index (χ0v) is 14.9. The molecule has 0 radical (unpaired) electrons. The highest BCUT2D eigenvalue weighted by Crippen LogP contribution is 2.14. The molecule has 2 heterocycles. The fourth-order valence-corrected chi connectivity index (χ4v) is 3.49. The lowest BCUT2D eigenvalue weighted by molar-refractivity contribution is -0.939. The van der Waals surface area contributed by atoms with Gasteiger partial charge < -0.3 is 9.64 Å². The summed E-state index contributed by atoms with van der Waals surface area (Å²) in [6.45, 7) is 2.80. The molecule has 1 atom stereocenters. The molecule has 7 heteroatoms. The Morgan fingerprint density at radius 3 is 2.60 bits per heavy atom. The molecule has 0 fully saturated rings. The molecule has 1 aromatic heterocycles. The average molecular weight is 354 g/mol. The lowest BCUT2D eigenvalue weighted by atomic mass is 10.0. The number of quaternary nitrogens is 1. The summed E-state index contributed by atoms with van der Waals surface area (Å²) in [5, 5.41) is 8.48. The van der Waals surface area contributed by atoms with Crippen LogP contribution in [-0.2, 0) is 19.6 Å². The molecule has 0 saturated heterocycles. The van der Waals surface area contributed by atoms with Crippen LogP contribution in [0.4, 0.5) is 0 Å². The van der Waals surface area contributed by atoms with Crippen molar-refractivity contribution in [1.82, 2.24) is 19.8 Å². The summed E-state index contributed by atoms with van der Waals surface area (Å²) in [5.74, 6) is 0.805. The molecule has 0 bridgehead atoms. The molecule has 25 heavy (non-hydrogen) atoms. The molecule has 0 saturated carbocycles. The second-order valence-electron chi connectivity index (χ2n) is 6.22. The van der Waals surface area contributed by atoms with Crippen LogP contribution in [0.5, 0.6) is 5.75 Å². The average Bonchev–Trinajstić information content (AvgIpc) is 3.02. The van der Waals surface area contributed by atoms with E-state index in [0.717, 1.165) is 37.6 Å². The van der Waals surface area contributed by atoms with Crippen LogP contribution < -0.4 is 9.64 Å². The normalized spacial score (nSPS) is 16.4. The minimum atomic E-state index is 0.608.